The molecule has 0 bridgehead atoms. The minimum atomic E-state index is -3.28. The summed E-state index contributed by atoms with van der Waals surface area (Å²) >= 11 is 0. The van der Waals surface area contributed by atoms with Gasteiger partial charge in [-0.1, -0.05) is 0 Å². The molecule has 0 rings (SSSR count). The Bertz CT molecular complexity index is 315. The Morgan fingerprint density at radius 1 is 1.62 bits per heavy atom. The normalized spacial score (nSPS) is 13.0. The van der Waals surface area contributed by atoms with E-state index in [1.54, 1.807) is 6.92 Å². The Balaban J connectivity index is 3.97. The maximum Gasteiger partial charge on any atom is 0.235 e. The molecule has 0 aromatic carbocycles. The number of sulfone groups is 1. The van der Waals surface area contributed by atoms with Crippen LogP contribution < -0.4 is 5.32 Å². The molecule has 0 radical (unpaired) electrons. The van der Waals surface area contributed by atoms with Crippen molar-refractivity contribution in [1.29, 1.82) is 5.26 Å². The summed E-state index contributed by atoms with van der Waals surface area (Å²) in [5.41, 5.74) is 0. The van der Waals surface area contributed by atoms with Crippen molar-refractivity contribution < 1.29 is 13.2 Å². The lowest BCUT2D eigenvalue weighted by molar-refractivity contribution is -0.119. The van der Waals surface area contributed by atoms with Gasteiger partial charge in [0.1, 0.15) is 5.75 Å². The fourth-order valence-corrected chi connectivity index (χ4v) is 1.30. The van der Waals surface area contributed by atoms with Crippen LogP contribution in [0.4, 0.5) is 0 Å². The first-order chi connectivity index (χ1) is 5.85. The van der Waals surface area contributed by atoms with Crippen molar-refractivity contribution in [3.8, 4) is 6.07 Å². The summed E-state index contributed by atoms with van der Waals surface area (Å²) in [5, 5.41) is 10.7. The van der Waals surface area contributed by atoms with Gasteiger partial charge in [0.2, 0.25) is 5.91 Å². The zero-order valence-electron chi connectivity index (χ0n) is 7.57. The van der Waals surface area contributed by atoms with Crippen molar-refractivity contribution >= 4 is 15.7 Å². The third-order valence-electron chi connectivity index (χ3n) is 1.20. The van der Waals surface area contributed by atoms with E-state index in [-0.39, 0.29) is 12.5 Å². The van der Waals surface area contributed by atoms with E-state index in [0.29, 0.717) is 0 Å². The summed E-state index contributed by atoms with van der Waals surface area (Å²) in [6.07, 6.45) is 1.16. The topological polar surface area (TPSA) is 87.0 Å². The molecule has 1 amide bonds. The van der Waals surface area contributed by atoms with Crippen molar-refractivity contribution in [2.24, 2.45) is 0 Å². The summed E-state index contributed by atoms with van der Waals surface area (Å²) in [6, 6.07) is 1.57. The van der Waals surface area contributed by atoms with Crippen molar-refractivity contribution in [3.05, 3.63) is 0 Å². The Kier molecular flexibility index (Phi) is 4.42. The van der Waals surface area contributed by atoms with Gasteiger partial charge in [-0.15, -0.1) is 0 Å². The average molecular weight is 204 g/mol. The maximum atomic E-state index is 10.9. The van der Waals surface area contributed by atoms with Crippen molar-refractivity contribution in [2.75, 3.05) is 12.0 Å². The van der Waals surface area contributed by atoms with E-state index in [1.807, 2.05) is 6.07 Å². The molecule has 0 aromatic rings. The molecule has 1 atom stereocenters. The molecule has 5 nitrogen and oxygen atoms in total. The van der Waals surface area contributed by atoms with Crippen molar-refractivity contribution in [2.45, 2.75) is 19.4 Å². The maximum absolute atomic E-state index is 10.9. The molecule has 0 aliphatic carbocycles. The molecular formula is C7H12N2O3S. The summed E-state index contributed by atoms with van der Waals surface area (Å²) in [7, 11) is -3.28. The fraction of sp³-hybridized carbons (Fsp3) is 0.714. The zero-order valence-corrected chi connectivity index (χ0v) is 8.39. The van der Waals surface area contributed by atoms with Crippen LogP contribution in [0, 0.1) is 11.3 Å². The van der Waals surface area contributed by atoms with Gasteiger partial charge in [-0.2, -0.15) is 5.26 Å². The van der Waals surface area contributed by atoms with Crippen LogP contribution in [0.3, 0.4) is 0 Å². The van der Waals surface area contributed by atoms with E-state index < -0.39 is 21.5 Å². The number of rotatable bonds is 4. The second kappa shape index (κ2) is 4.82. The third kappa shape index (κ3) is 7.28. The van der Waals surface area contributed by atoms with Crippen LogP contribution >= 0.6 is 0 Å². The van der Waals surface area contributed by atoms with Crippen molar-refractivity contribution in [3.63, 3.8) is 0 Å². The van der Waals surface area contributed by atoms with E-state index in [2.05, 4.69) is 5.32 Å². The molecular weight excluding hydrogens is 192 g/mol. The highest BCUT2D eigenvalue weighted by Gasteiger charge is 2.12. The number of hydrogen-bond acceptors (Lipinski definition) is 4. The highest BCUT2D eigenvalue weighted by Crippen LogP contribution is 1.89. The lowest BCUT2D eigenvalue weighted by Gasteiger charge is -2.08. The predicted octanol–water partition coefficient (Wildman–Crippen LogP) is -0.551. The number of nitrogens with one attached hydrogen (secondary N) is 1. The number of nitrogens with zero attached hydrogens (tertiary/aromatic N) is 1. The van der Waals surface area contributed by atoms with Crippen LogP contribution in [0.5, 0.6) is 0 Å². The second-order valence-corrected chi connectivity index (χ2v) is 5.04. The molecule has 0 heterocycles. The molecule has 0 aliphatic rings. The van der Waals surface area contributed by atoms with E-state index in [1.165, 1.54) is 0 Å². The number of hydrogen-bond donors (Lipinski definition) is 1. The Labute approximate surface area is 77.7 Å². The van der Waals surface area contributed by atoms with E-state index in [0.717, 1.165) is 6.26 Å². The summed E-state index contributed by atoms with van der Waals surface area (Å²) in [4.78, 5) is 10.9. The smallest absolute Gasteiger partial charge is 0.235 e. The molecule has 0 saturated carbocycles. The van der Waals surface area contributed by atoms with Gasteiger partial charge in [0.15, 0.2) is 9.84 Å². The Hall–Kier alpha value is -1.09. The third-order valence-corrected chi connectivity index (χ3v) is 1.98. The van der Waals surface area contributed by atoms with Gasteiger partial charge in [0.25, 0.3) is 0 Å². The number of carbonyl (C=O) groups excluding carboxylic acids is 1. The molecule has 1 N–H and O–H groups in total. The molecule has 0 aliphatic heterocycles. The van der Waals surface area contributed by atoms with Gasteiger partial charge in [0.05, 0.1) is 12.5 Å². The zero-order chi connectivity index (χ0) is 10.5. The quantitative estimate of drug-likeness (QED) is 0.665. The summed E-state index contributed by atoms with van der Waals surface area (Å²) in [5.74, 6) is -1.09. The molecule has 1 unspecified atom stereocenters. The lowest BCUT2D eigenvalue weighted by atomic mass is 10.2. The van der Waals surface area contributed by atoms with Gasteiger partial charge in [-0.25, -0.2) is 8.42 Å². The van der Waals surface area contributed by atoms with Gasteiger partial charge < -0.3 is 5.32 Å². The van der Waals surface area contributed by atoms with Gasteiger partial charge in [-0.05, 0) is 6.92 Å². The second-order valence-electron chi connectivity index (χ2n) is 2.90. The molecule has 0 fully saturated rings. The minimum Gasteiger partial charge on any atom is -0.352 e. The highest BCUT2D eigenvalue weighted by atomic mass is 32.2. The number of amides is 1. The van der Waals surface area contributed by atoms with Crippen LogP contribution in [0.1, 0.15) is 13.3 Å². The standard InChI is InChI=1S/C7H12N2O3S/c1-6(3-4-8)9-7(10)5-13(2,11)12/h6H,3,5H2,1-2H3,(H,9,10). The molecule has 74 valence electrons. The monoisotopic (exact) mass is 204 g/mol. The highest BCUT2D eigenvalue weighted by molar-refractivity contribution is 7.91. The first-order valence-corrected chi connectivity index (χ1v) is 5.75. The van der Waals surface area contributed by atoms with E-state index in [9.17, 15) is 13.2 Å². The lowest BCUT2D eigenvalue weighted by Crippen LogP contribution is -2.36. The summed E-state index contributed by atoms with van der Waals surface area (Å²) < 4.78 is 21.3. The molecule has 6 heteroatoms. The van der Waals surface area contributed by atoms with E-state index in [4.69, 9.17) is 5.26 Å². The predicted molar refractivity (Wildman–Crippen MR) is 47.5 cm³/mol. The molecule has 0 aromatic heterocycles. The summed E-state index contributed by atoms with van der Waals surface area (Å²) in [6.45, 7) is 1.64. The number of nitriles is 1. The van der Waals surface area contributed by atoms with Crippen LogP contribution in [-0.2, 0) is 14.6 Å². The van der Waals surface area contributed by atoms with E-state index >= 15 is 0 Å². The van der Waals surface area contributed by atoms with Crippen LogP contribution in [0.25, 0.3) is 0 Å². The van der Waals surface area contributed by atoms with Gasteiger partial charge >= 0.3 is 0 Å². The SMILES string of the molecule is CC(CC#N)NC(=O)CS(C)(=O)=O. The molecule has 0 saturated heterocycles. The molecule has 13 heavy (non-hydrogen) atoms. The van der Waals surface area contributed by atoms with Crippen LogP contribution in [-0.4, -0.2) is 32.4 Å². The van der Waals surface area contributed by atoms with Crippen molar-refractivity contribution in [1.82, 2.24) is 5.32 Å². The minimum absolute atomic E-state index is 0.176. The first kappa shape index (κ1) is 11.9. The molecule has 0 spiro atoms. The average Bonchev–Trinajstić information content (AvgIpc) is 1.81. The first-order valence-electron chi connectivity index (χ1n) is 3.69. The van der Waals surface area contributed by atoms with Crippen LogP contribution in [0.15, 0.2) is 0 Å². The van der Waals surface area contributed by atoms with Crippen LogP contribution in [0.2, 0.25) is 0 Å². The Morgan fingerprint density at radius 2 is 2.15 bits per heavy atom. The Morgan fingerprint density at radius 3 is 2.54 bits per heavy atom. The largest absolute Gasteiger partial charge is 0.352 e. The fourth-order valence-electron chi connectivity index (χ4n) is 0.743. The van der Waals surface area contributed by atoms with Gasteiger partial charge in [-0.3, -0.25) is 4.79 Å². The number of carbonyl (C=O) groups is 1. The van der Waals surface area contributed by atoms with Gasteiger partial charge in [0, 0.05) is 12.3 Å².